The van der Waals surface area contributed by atoms with Crippen LogP contribution in [-0.2, 0) is 6.54 Å². The maximum absolute atomic E-state index is 5.41. The first-order valence-corrected chi connectivity index (χ1v) is 5.69. The van der Waals surface area contributed by atoms with E-state index < -0.39 is 0 Å². The van der Waals surface area contributed by atoms with Crippen molar-refractivity contribution in [2.45, 2.75) is 19.0 Å². The summed E-state index contributed by atoms with van der Waals surface area (Å²) in [6, 6.07) is 4.54. The summed E-state index contributed by atoms with van der Waals surface area (Å²) in [4.78, 5) is 2.34. The number of hydrogen-bond donors (Lipinski definition) is 1. The van der Waals surface area contributed by atoms with Gasteiger partial charge in [-0.2, -0.15) is 0 Å². The third kappa shape index (κ3) is 2.59. The van der Waals surface area contributed by atoms with Gasteiger partial charge in [0.2, 0.25) is 0 Å². The van der Waals surface area contributed by atoms with Crippen LogP contribution in [0.1, 0.15) is 12.2 Å². The molecule has 0 spiro atoms. The molecule has 78 valence electrons. The molecule has 1 unspecified atom stereocenters. The fraction of sp³-hybridized carbons (Fsp3) is 0.600. The number of nitrogens with zero attached hydrogens (tertiary/aromatic N) is 1. The second-order valence-electron chi connectivity index (χ2n) is 3.83. The largest absolute Gasteiger partial charge is 0.453 e. The molecule has 1 aromatic rings. The molecule has 1 aromatic heterocycles. The van der Waals surface area contributed by atoms with E-state index in [9.17, 15) is 0 Å². The molecule has 3 nitrogen and oxygen atoms in total. The zero-order valence-electron chi connectivity index (χ0n) is 8.29. The Labute approximate surface area is 92.6 Å². The highest BCUT2D eigenvalue weighted by Crippen LogP contribution is 2.14. The molecule has 1 saturated heterocycles. The van der Waals surface area contributed by atoms with Gasteiger partial charge in [0.25, 0.3) is 0 Å². The number of likely N-dealkylation sites (tertiary alicyclic amines) is 1. The molecular formula is C10H15BrN2O. The minimum Gasteiger partial charge on any atom is -0.453 e. The third-order valence-corrected chi connectivity index (χ3v) is 3.01. The summed E-state index contributed by atoms with van der Waals surface area (Å²) < 4.78 is 6.21. The van der Waals surface area contributed by atoms with Gasteiger partial charge >= 0.3 is 0 Å². The van der Waals surface area contributed by atoms with Crippen molar-refractivity contribution in [1.29, 1.82) is 0 Å². The van der Waals surface area contributed by atoms with E-state index in [1.165, 1.54) is 13.0 Å². The van der Waals surface area contributed by atoms with E-state index in [-0.39, 0.29) is 0 Å². The van der Waals surface area contributed by atoms with Crippen LogP contribution in [0, 0.1) is 0 Å². The van der Waals surface area contributed by atoms with Crippen molar-refractivity contribution < 1.29 is 4.42 Å². The molecule has 1 fully saturated rings. The van der Waals surface area contributed by atoms with Gasteiger partial charge in [-0.05, 0) is 48.1 Å². The quantitative estimate of drug-likeness (QED) is 0.897. The Balaban J connectivity index is 1.77. The van der Waals surface area contributed by atoms with Gasteiger partial charge in [0.05, 0.1) is 6.54 Å². The lowest BCUT2D eigenvalue weighted by Crippen LogP contribution is -2.30. The number of furan rings is 1. The van der Waals surface area contributed by atoms with Crippen molar-refractivity contribution in [3.63, 3.8) is 0 Å². The van der Waals surface area contributed by atoms with E-state index in [2.05, 4.69) is 33.2 Å². The van der Waals surface area contributed by atoms with Gasteiger partial charge < -0.3 is 14.6 Å². The summed E-state index contributed by atoms with van der Waals surface area (Å²) in [7, 11) is 2.16. The van der Waals surface area contributed by atoms with E-state index in [0.717, 1.165) is 23.5 Å². The molecule has 0 saturated carbocycles. The molecule has 1 aliphatic heterocycles. The van der Waals surface area contributed by atoms with Crippen molar-refractivity contribution in [3.8, 4) is 0 Å². The highest BCUT2D eigenvalue weighted by Gasteiger charge is 2.18. The first kappa shape index (κ1) is 10.2. The average Bonchev–Trinajstić information content (AvgIpc) is 2.72. The van der Waals surface area contributed by atoms with E-state index in [1.807, 2.05) is 12.1 Å². The van der Waals surface area contributed by atoms with Gasteiger partial charge in [0.1, 0.15) is 5.76 Å². The number of likely N-dealkylation sites (N-methyl/N-ethyl adjacent to an activating group) is 1. The standard InChI is InChI=1S/C10H15BrN2O/c1-13-5-4-8(7-13)12-6-9-2-3-10(11)14-9/h2-3,8,12H,4-7H2,1H3. The molecule has 0 aromatic carbocycles. The van der Waals surface area contributed by atoms with Crippen molar-refractivity contribution >= 4 is 15.9 Å². The van der Waals surface area contributed by atoms with Crippen molar-refractivity contribution in [1.82, 2.24) is 10.2 Å². The van der Waals surface area contributed by atoms with Crippen molar-refractivity contribution in [2.24, 2.45) is 0 Å². The number of rotatable bonds is 3. The smallest absolute Gasteiger partial charge is 0.169 e. The number of halogens is 1. The predicted octanol–water partition coefficient (Wildman–Crippen LogP) is 1.84. The monoisotopic (exact) mass is 258 g/mol. The van der Waals surface area contributed by atoms with Gasteiger partial charge in [-0.1, -0.05) is 0 Å². The summed E-state index contributed by atoms with van der Waals surface area (Å²) in [5, 5.41) is 3.49. The Bertz CT molecular complexity index is 300. The van der Waals surface area contributed by atoms with E-state index in [0.29, 0.717) is 6.04 Å². The Kier molecular flexibility index (Phi) is 3.26. The van der Waals surface area contributed by atoms with Gasteiger partial charge in [-0.15, -0.1) is 0 Å². The maximum atomic E-state index is 5.41. The topological polar surface area (TPSA) is 28.4 Å². The molecule has 4 heteroatoms. The summed E-state index contributed by atoms with van der Waals surface area (Å²) >= 11 is 3.29. The lowest BCUT2D eigenvalue weighted by molar-refractivity contribution is 0.388. The SMILES string of the molecule is CN1CCC(NCc2ccc(Br)o2)C1. The zero-order chi connectivity index (χ0) is 9.97. The van der Waals surface area contributed by atoms with Gasteiger partial charge in [-0.25, -0.2) is 0 Å². The first-order valence-electron chi connectivity index (χ1n) is 4.90. The van der Waals surface area contributed by atoms with Crippen LogP contribution in [0.15, 0.2) is 21.2 Å². The minimum atomic E-state index is 0.615. The van der Waals surface area contributed by atoms with Crippen LogP contribution >= 0.6 is 15.9 Å². The van der Waals surface area contributed by atoms with Crippen LogP contribution in [0.4, 0.5) is 0 Å². The Morgan fingerprint density at radius 2 is 2.50 bits per heavy atom. The molecule has 0 aliphatic carbocycles. The van der Waals surface area contributed by atoms with Crippen LogP contribution in [-0.4, -0.2) is 31.1 Å². The Hall–Kier alpha value is -0.320. The third-order valence-electron chi connectivity index (χ3n) is 2.59. The normalized spacial score (nSPS) is 23.1. The molecule has 0 bridgehead atoms. The minimum absolute atomic E-state index is 0.615. The zero-order valence-corrected chi connectivity index (χ0v) is 9.88. The van der Waals surface area contributed by atoms with Crippen LogP contribution in [0.3, 0.4) is 0 Å². The van der Waals surface area contributed by atoms with Crippen LogP contribution in [0.25, 0.3) is 0 Å². The lowest BCUT2D eigenvalue weighted by atomic mass is 10.2. The molecule has 1 aliphatic rings. The van der Waals surface area contributed by atoms with Crippen molar-refractivity contribution in [2.75, 3.05) is 20.1 Å². The summed E-state index contributed by atoms with van der Waals surface area (Å²) in [6.07, 6.45) is 1.23. The van der Waals surface area contributed by atoms with Crippen LogP contribution in [0.5, 0.6) is 0 Å². The fourth-order valence-electron chi connectivity index (χ4n) is 1.79. The molecular weight excluding hydrogens is 244 g/mol. The second-order valence-corrected chi connectivity index (χ2v) is 4.62. The van der Waals surface area contributed by atoms with E-state index in [4.69, 9.17) is 4.42 Å². The molecule has 14 heavy (non-hydrogen) atoms. The maximum Gasteiger partial charge on any atom is 0.169 e. The highest BCUT2D eigenvalue weighted by molar-refractivity contribution is 9.10. The second kappa shape index (κ2) is 4.47. The van der Waals surface area contributed by atoms with Crippen LogP contribution < -0.4 is 5.32 Å². The Morgan fingerprint density at radius 1 is 1.64 bits per heavy atom. The number of hydrogen-bond acceptors (Lipinski definition) is 3. The molecule has 0 radical (unpaired) electrons. The summed E-state index contributed by atoms with van der Waals surface area (Å²) in [5.74, 6) is 0.992. The van der Waals surface area contributed by atoms with Gasteiger partial charge in [-0.3, -0.25) is 0 Å². The molecule has 1 atom stereocenters. The number of nitrogens with one attached hydrogen (secondary N) is 1. The molecule has 2 heterocycles. The summed E-state index contributed by atoms with van der Waals surface area (Å²) in [5.41, 5.74) is 0. The Morgan fingerprint density at radius 3 is 3.07 bits per heavy atom. The highest BCUT2D eigenvalue weighted by atomic mass is 79.9. The molecule has 2 rings (SSSR count). The van der Waals surface area contributed by atoms with E-state index in [1.54, 1.807) is 0 Å². The van der Waals surface area contributed by atoms with Crippen molar-refractivity contribution in [3.05, 3.63) is 22.6 Å². The summed E-state index contributed by atoms with van der Waals surface area (Å²) in [6.45, 7) is 3.16. The fourth-order valence-corrected chi connectivity index (χ4v) is 2.13. The average molecular weight is 259 g/mol. The van der Waals surface area contributed by atoms with Crippen LogP contribution in [0.2, 0.25) is 0 Å². The first-order chi connectivity index (χ1) is 6.74. The van der Waals surface area contributed by atoms with E-state index >= 15 is 0 Å². The molecule has 1 N–H and O–H groups in total. The lowest BCUT2D eigenvalue weighted by Gasteiger charge is -2.11. The van der Waals surface area contributed by atoms with Gasteiger partial charge in [0, 0.05) is 12.6 Å². The predicted molar refractivity (Wildman–Crippen MR) is 59.1 cm³/mol. The van der Waals surface area contributed by atoms with Gasteiger partial charge in [0.15, 0.2) is 4.67 Å². The molecule has 0 amide bonds.